The van der Waals surface area contributed by atoms with E-state index in [9.17, 15) is 14.0 Å². The van der Waals surface area contributed by atoms with Gasteiger partial charge in [0.05, 0.1) is 13.1 Å². The summed E-state index contributed by atoms with van der Waals surface area (Å²) in [7, 11) is 0. The molecule has 0 atom stereocenters. The van der Waals surface area contributed by atoms with Gasteiger partial charge in [0.2, 0.25) is 11.8 Å². The van der Waals surface area contributed by atoms with E-state index in [0.717, 1.165) is 49.8 Å². The van der Waals surface area contributed by atoms with Gasteiger partial charge in [0.25, 0.3) is 0 Å². The lowest BCUT2D eigenvalue weighted by Gasteiger charge is -2.36. The molecule has 0 radical (unpaired) electrons. The predicted octanol–water partition coefficient (Wildman–Crippen LogP) is 6.55. The Balaban J connectivity index is 1.67. The summed E-state index contributed by atoms with van der Waals surface area (Å²) in [5.41, 5.74) is 2.08. The zero-order valence-corrected chi connectivity index (χ0v) is 22.3. The van der Waals surface area contributed by atoms with E-state index in [0.29, 0.717) is 26.1 Å². The summed E-state index contributed by atoms with van der Waals surface area (Å²) in [5, 5.41) is 0. The van der Waals surface area contributed by atoms with Crippen LogP contribution in [0.25, 0.3) is 0 Å². The van der Waals surface area contributed by atoms with E-state index >= 15 is 0 Å². The summed E-state index contributed by atoms with van der Waals surface area (Å²) < 4.78 is 15.5. The number of rotatable bonds is 14. The minimum Gasteiger partial charge on any atom is -0.345 e. The molecule has 1 saturated carbocycles. The highest BCUT2D eigenvalue weighted by Gasteiger charge is 2.28. The van der Waals surface area contributed by atoms with Gasteiger partial charge in [0.1, 0.15) is 5.82 Å². The lowest BCUT2D eigenvalue weighted by Crippen LogP contribution is -2.47. The van der Waals surface area contributed by atoms with Crippen LogP contribution in [0.2, 0.25) is 0 Å². The van der Waals surface area contributed by atoms with Crippen LogP contribution in [0.15, 0.2) is 42.6 Å². The Hall–Kier alpha value is -2.63. The van der Waals surface area contributed by atoms with Crippen molar-refractivity contribution in [1.82, 2.24) is 14.4 Å². The summed E-state index contributed by atoms with van der Waals surface area (Å²) in [6.07, 6.45) is 13.6. The number of halogens is 1. The van der Waals surface area contributed by atoms with Crippen LogP contribution in [-0.4, -0.2) is 45.3 Å². The quantitative estimate of drug-likeness (QED) is 0.278. The van der Waals surface area contributed by atoms with Gasteiger partial charge in [-0.15, -0.1) is 0 Å². The molecule has 1 heterocycles. The number of hydrogen-bond acceptors (Lipinski definition) is 2. The SMILES string of the molecule is CCCCCCCC(=O)N(CC)CC(=O)N(Cc1cccn1Cc1ccc(F)cc1)C1CCCCC1. The highest BCUT2D eigenvalue weighted by atomic mass is 19.1. The first-order chi connectivity index (χ1) is 17.5. The van der Waals surface area contributed by atoms with Gasteiger partial charge in [0.15, 0.2) is 0 Å². The van der Waals surface area contributed by atoms with Crippen LogP contribution >= 0.6 is 0 Å². The van der Waals surface area contributed by atoms with Crippen LogP contribution in [0.5, 0.6) is 0 Å². The maximum absolute atomic E-state index is 13.6. The first-order valence-corrected chi connectivity index (χ1v) is 14.0. The molecule has 1 aromatic heterocycles. The number of unbranched alkanes of at least 4 members (excludes halogenated alkanes) is 4. The van der Waals surface area contributed by atoms with Crippen molar-refractivity contribution in [3.63, 3.8) is 0 Å². The highest BCUT2D eigenvalue weighted by molar-refractivity contribution is 5.85. The molecule has 0 unspecified atom stereocenters. The zero-order chi connectivity index (χ0) is 25.8. The van der Waals surface area contributed by atoms with Gasteiger partial charge >= 0.3 is 0 Å². The molecule has 36 heavy (non-hydrogen) atoms. The van der Waals surface area contributed by atoms with E-state index < -0.39 is 0 Å². The molecule has 0 bridgehead atoms. The first kappa shape index (κ1) is 27.9. The highest BCUT2D eigenvalue weighted by Crippen LogP contribution is 2.25. The van der Waals surface area contributed by atoms with Crippen molar-refractivity contribution in [3.8, 4) is 0 Å². The molecule has 2 aromatic rings. The second-order valence-electron chi connectivity index (χ2n) is 10.1. The molecular weight excluding hydrogens is 453 g/mol. The van der Waals surface area contributed by atoms with Gasteiger partial charge in [-0.2, -0.15) is 0 Å². The second kappa shape index (κ2) is 14.8. The molecule has 0 spiro atoms. The summed E-state index contributed by atoms with van der Waals surface area (Å²) in [5.74, 6) is -0.111. The average molecular weight is 498 g/mol. The van der Waals surface area contributed by atoms with Crippen LogP contribution < -0.4 is 0 Å². The molecule has 1 fully saturated rings. The van der Waals surface area contributed by atoms with Crippen LogP contribution in [0.3, 0.4) is 0 Å². The number of amides is 2. The summed E-state index contributed by atoms with van der Waals surface area (Å²) >= 11 is 0. The van der Waals surface area contributed by atoms with Crippen molar-refractivity contribution in [1.29, 1.82) is 0 Å². The standard InChI is InChI=1S/C30H44FN3O2/c1-3-5-6-7-11-16-29(35)32(4-2)24-30(36)34(27-13-9-8-10-14-27)23-28-15-12-21-33(28)22-25-17-19-26(31)20-18-25/h12,15,17-21,27H,3-11,13-14,16,22-24H2,1-2H3. The number of aromatic nitrogens is 1. The maximum Gasteiger partial charge on any atom is 0.242 e. The minimum absolute atomic E-state index is 0.0395. The molecular formula is C30H44FN3O2. The number of benzene rings is 1. The van der Waals surface area contributed by atoms with Gasteiger partial charge in [-0.1, -0.05) is 64.0 Å². The van der Waals surface area contributed by atoms with Gasteiger partial charge in [-0.25, -0.2) is 4.39 Å². The van der Waals surface area contributed by atoms with E-state index in [-0.39, 0.29) is 30.2 Å². The number of nitrogens with zero attached hydrogens (tertiary/aromatic N) is 3. The van der Waals surface area contributed by atoms with E-state index in [1.165, 1.54) is 37.8 Å². The fourth-order valence-electron chi connectivity index (χ4n) is 5.19. The lowest BCUT2D eigenvalue weighted by atomic mass is 9.94. The molecule has 0 N–H and O–H groups in total. The number of carbonyl (C=O) groups is 2. The summed E-state index contributed by atoms with van der Waals surface area (Å²) in [4.78, 5) is 30.3. The van der Waals surface area contributed by atoms with Crippen molar-refractivity contribution >= 4 is 11.8 Å². The number of likely N-dealkylation sites (N-methyl/N-ethyl adjacent to an activating group) is 1. The van der Waals surface area contributed by atoms with Gasteiger partial charge < -0.3 is 14.4 Å². The molecule has 6 heteroatoms. The Morgan fingerprint density at radius 3 is 2.36 bits per heavy atom. The third-order valence-corrected chi connectivity index (χ3v) is 7.41. The summed E-state index contributed by atoms with van der Waals surface area (Å²) in [6.45, 7) is 6.01. The largest absolute Gasteiger partial charge is 0.345 e. The average Bonchev–Trinajstić information content (AvgIpc) is 3.33. The molecule has 198 valence electrons. The Bertz CT molecular complexity index is 934. The van der Waals surface area contributed by atoms with Crippen LogP contribution in [0.1, 0.15) is 95.7 Å². The van der Waals surface area contributed by atoms with Crippen molar-refractivity contribution in [2.45, 2.75) is 104 Å². The zero-order valence-electron chi connectivity index (χ0n) is 22.3. The van der Waals surface area contributed by atoms with E-state index in [1.54, 1.807) is 17.0 Å². The Morgan fingerprint density at radius 1 is 0.944 bits per heavy atom. The van der Waals surface area contributed by atoms with Gasteiger partial charge in [0, 0.05) is 37.4 Å². The fourth-order valence-corrected chi connectivity index (χ4v) is 5.19. The minimum atomic E-state index is -0.239. The maximum atomic E-state index is 13.6. The van der Waals surface area contributed by atoms with E-state index in [2.05, 4.69) is 17.6 Å². The molecule has 1 aliphatic carbocycles. The molecule has 1 aliphatic rings. The van der Waals surface area contributed by atoms with Crippen molar-refractivity contribution < 1.29 is 14.0 Å². The topological polar surface area (TPSA) is 45.6 Å². The Morgan fingerprint density at radius 2 is 1.67 bits per heavy atom. The third-order valence-electron chi connectivity index (χ3n) is 7.41. The molecule has 1 aromatic carbocycles. The second-order valence-corrected chi connectivity index (χ2v) is 10.1. The lowest BCUT2D eigenvalue weighted by molar-refractivity contribution is -0.142. The Kier molecular flexibility index (Phi) is 11.5. The third kappa shape index (κ3) is 8.49. The van der Waals surface area contributed by atoms with Crippen molar-refractivity contribution in [2.24, 2.45) is 0 Å². The van der Waals surface area contributed by atoms with Crippen molar-refractivity contribution in [2.75, 3.05) is 13.1 Å². The van der Waals surface area contributed by atoms with Crippen molar-refractivity contribution in [3.05, 3.63) is 59.7 Å². The molecule has 5 nitrogen and oxygen atoms in total. The monoisotopic (exact) mass is 497 g/mol. The van der Waals surface area contributed by atoms with Crippen LogP contribution in [0.4, 0.5) is 4.39 Å². The first-order valence-electron chi connectivity index (χ1n) is 14.0. The number of hydrogen-bond donors (Lipinski definition) is 0. The molecule has 0 saturated heterocycles. The smallest absolute Gasteiger partial charge is 0.242 e. The van der Waals surface area contributed by atoms with Gasteiger partial charge in [-0.05, 0) is 56.0 Å². The van der Waals surface area contributed by atoms with E-state index in [4.69, 9.17) is 0 Å². The summed E-state index contributed by atoms with van der Waals surface area (Å²) in [6, 6.07) is 10.8. The Labute approximate surface area is 216 Å². The van der Waals surface area contributed by atoms with E-state index in [1.807, 2.05) is 24.1 Å². The van der Waals surface area contributed by atoms with Crippen LogP contribution in [-0.2, 0) is 22.7 Å². The normalized spacial score (nSPS) is 14.1. The van der Waals surface area contributed by atoms with Crippen LogP contribution in [0, 0.1) is 5.82 Å². The van der Waals surface area contributed by atoms with Gasteiger partial charge in [-0.3, -0.25) is 9.59 Å². The fraction of sp³-hybridized carbons (Fsp3) is 0.600. The molecule has 0 aliphatic heterocycles. The number of carbonyl (C=O) groups excluding carboxylic acids is 2. The molecule has 2 amide bonds. The molecule has 3 rings (SSSR count). The predicted molar refractivity (Wildman–Crippen MR) is 143 cm³/mol.